The molecule has 0 saturated heterocycles. The lowest BCUT2D eigenvalue weighted by atomic mass is 10.1. The van der Waals surface area contributed by atoms with Crippen LogP contribution in [0.15, 0.2) is 18.3 Å². The summed E-state index contributed by atoms with van der Waals surface area (Å²) in [6.07, 6.45) is 1.56. The van der Waals surface area contributed by atoms with Crippen molar-refractivity contribution in [1.82, 2.24) is 4.98 Å². The van der Waals surface area contributed by atoms with Crippen LogP contribution < -0.4 is 11.1 Å². The van der Waals surface area contributed by atoms with E-state index in [1.807, 2.05) is 0 Å². The molecule has 0 aromatic carbocycles. The van der Waals surface area contributed by atoms with E-state index in [9.17, 15) is 4.79 Å². The van der Waals surface area contributed by atoms with Crippen LogP contribution in [0.2, 0.25) is 0 Å². The fraction of sp³-hybridized carbons (Fsp3) is 0.500. The van der Waals surface area contributed by atoms with Gasteiger partial charge in [-0.2, -0.15) is 0 Å². The number of aromatic nitrogens is 1. The number of methoxy groups -OCH3 is 1. The first-order chi connectivity index (χ1) is 8.04. The van der Waals surface area contributed by atoms with E-state index >= 15 is 0 Å². The highest BCUT2D eigenvalue weighted by Gasteiger charge is 2.09. The van der Waals surface area contributed by atoms with Gasteiger partial charge in [-0.15, -0.1) is 0 Å². The van der Waals surface area contributed by atoms with Gasteiger partial charge in [0.05, 0.1) is 7.11 Å². The van der Waals surface area contributed by atoms with Crippen molar-refractivity contribution in [1.29, 1.82) is 0 Å². The van der Waals surface area contributed by atoms with Gasteiger partial charge in [-0.25, -0.2) is 9.78 Å². The van der Waals surface area contributed by atoms with Gasteiger partial charge in [0.25, 0.3) is 0 Å². The van der Waals surface area contributed by atoms with Gasteiger partial charge in [0.2, 0.25) is 0 Å². The summed E-state index contributed by atoms with van der Waals surface area (Å²) < 4.78 is 4.60. The molecule has 5 nitrogen and oxygen atoms in total. The van der Waals surface area contributed by atoms with Gasteiger partial charge in [0.1, 0.15) is 5.69 Å². The van der Waals surface area contributed by atoms with Crippen LogP contribution in [0.1, 0.15) is 24.3 Å². The van der Waals surface area contributed by atoms with Crippen molar-refractivity contribution in [2.24, 2.45) is 11.7 Å². The molecule has 0 aliphatic carbocycles. The smallest absolute Gasteiger partial charge is 0.356 e. The summed E-state index contributed by atoms with van der Waals surface area (Å²) in [7, 11) is 1.33. The van der Waals surface area contributed by atoms with Crippen LogP contribution in [-0.4, -0.2) is 30.6 Å². The van der Waals surface area contributed by atoms with Crippen LogP contribution in [0.3, 0.4) is 0 Å². The van der Waals surface area contributed by atoms with Gasteiger partial charge >= 0.3 is 5.97 Å². The van der Waals surface area contributed by atoms with E-state index < -0.39 is 5.97 Å². The normalized spacial score (nSPS) is 12.3. The summed E-state index contributed by atoms with van der Waals surface area (Å²) in [4.78, 5) is 15.2. The summed E-state index contributed by atoms with van der Waals surface area (Å²) in [6, 6.07) is 3.52. The predicted molar refractivity (Wildman–Crippen MR) is 66.9 cm³/mol. The molecule has 1 unspecified atom stereocenters. The zero-order valence-electron chi connectivity index (χ0n) is 10.4. The van der Waals surface area contributed by atoms with Crippen molar-refractivity contribution in [3.05, 3.63) is 24.0 Å². The SMILES string of the molecule is COC(=O)c1cc(NCC(N)C(C)C)ccn1. The average Bonchev–Trinajstić information content (AvgIpc) is 2.35. The van der Waals surface area contributed by atoms with Crippen molar-refractivity contribution in [2.45, 2.75) is 19.9 Å². The van der Waals surface area contributed by atoms with Gasteiger partial charge in [0.15, 0.2) is 0 Å². The second-order valence-electron chi connectivity index (χ2n) is 4.21. The molecule has 0 aliphatic rings. The molecule has 1 aromatic rings. The first kappa shape index (κ1) is 13.4. The minimum absolute atomic E-state index is 0.0738. The third-order valence-electron chi connectivity index (χ3n) is 2.55. The highest BCUT2D eigenvalue weighted by molar-refractivity contribution is 5.88. The summed E-state index contributed by atoms with van der Waals surface area (Å²) in [5.41, 5.74) is 7.02. The number of nitrogens with two attached hydrogens (primary N) is 1. The van der Waals surface area contributed by atoms with Crippen molar-refractivity contribution < 1.29 is 9.53 Å². The van der Waals surface area contributed by atoms with Gasteiger partial charge in [0, 0.05) is 24.5 Å². The minimum Gasteiger partial charge on any atom is -0.464 e. The number of hydrogen-bond donors (Lipinski definition) is 2. The van der Waals surface area contributed by atoms with E-state index in [4.69, 9.17) is 5.73 Å². The lowest BCUT2D eigenvalue weighted by molar-refractivity contribution is 0.0594. The molecule has 3 N–H and O–H groups in total. The third-order valence-corrected chi connectivity index (χ3v) is 2.55. The standard InChI is InChI=1S/C12H19N3O2/c1-8(2)10(13)7-15-9-4-5-14-11(6-9)12(16)17-3/h4-6,8,10H,7,13H2,1-3H3,(H,14,15). The quantitative estimate of drug-likeness (QED) is 0.754. The molecular weight excluding hydrogens is 218 g/mol. The lowest BCUT2D eigenvalue weighted by Crippen LogP contribution is -2.34. The van der Waals surface area contributed by atoms with E-state index in [1.165, 1.54) is 7.11 Å². The van der Waals surface area contributed by atoms with Crippen LogP contribution in [0.25, 0.3) is 0 Å². The number of esters is 1. The average molecular weight is 237 g/mol. The van der Waals surface area contributed by atoms with E-state index in [-0.39, 0.29) is 11.7 Å². The monoisotopic (exact) mass is 237 g/mol. The molecule has 94 valence electrons. The van der Waals surface area contributed by atoms with Crippen LogP contribution in [0.5, 0.6) is 0 Å². The number of nitrogens with one attached hydrogen (secondary N) is 1. The van der Waals surface area contributed by atoms with Crippen LogP contribution in [0, 0.1) is 5.92 Å². The Hall–Kier alpha value is -1.62. The first-order valence-corrected chi connectivity index (χ1v) is 5.58. The number of pyridine rings is 1. The fourth-order valence-electron chi connectivity index (χ4n) is 1.23. The molecule has 5 heteroatoms. The summed E-state index contributed by atoms with van der Waals surface area (Å²) in [6.45, 7) is 4.79. The maximum Gasteiger partial charge on any atom is 0.356 e. The second kappa shape index (κ2) is 6.20. The molecule has 0 amide bonds. The highest BCUT2D eigenvalue weighted by Crippen LogP contribution is 2.09. The zero-order valence-corrected chi connectivity index (χ0v) is 10.4. The lowest BCUT2D eigenvalue weighted by Gasteiger charge is -2.17. The van der Waals surface area contributed by atoms with E-state index in [2.05, 4.69) is 28.9 Å². The molecule has 0 radical (unpaired) electrons. The molecule has 1 heterocycles. The van der Waals surface area contributed by atoms with E-state index in [1.54, 1.807) is 18.3 Å². The molecule has 0 saturated carbocycles. The Kier molecular flexibility index (Phi) is 4.90. The predicted octanol–water partition coefficient (Wildman–Crippen LogP) is 1.26. The van der Waals surface area contributed by atoms with Crippen LogP contribution in [0.4, 0.5) is 5.69 Å². The molecule has 1 aromatic heterocycles. The van der Waals surface area contributed by atoms with Crippen molar-refractivity contribution >= 4 is 11.7 Å². The second-order valence-corrected chi connectivity index (χ2v) is 4.21. The third kappa shape index (κ3) is 4.03. The highest BCUT2D eigenvalue weighted by atomic mass is 16.5. The molecule has 0 bridgehead atoms. The summed E-state index contributed by atoms with van der Waals surface area (Å²) >= 11 is 0. The summed E-state index contributed by atoms with van der Waals surface area (Å²) in [5.74, 6) is -0.0359. The Morgan fingerprint density at radius 1 is 1.59 bits per heavy atom. The Morgan fingerprint density at radius 3 is 2.88 bits per heavy atom. The maximum atomic E-state index is 11.3. The number of hydrogen-bond acceptors (Lipinski definition) is 5. The van der Waals surface area contributed by atoms with Crippen molar-refractivity contribution in [3.8, 4) is 0 Å². The van der Waals surface area contributed by atoms with Gasteiger partial charge < -0.3 is 15.8 Å². The molecule has 0 fully saturated rings. The van der Waals surface area contributed by atoms with Gasteiger partial charge in [-0.05, 0) is 18.1 Å². The van der Waals surface area contributed by atoms with Crippen molar-refractivity contribution in [2.75, 3.05) is 19.0 Å². The fourth-order valence-corrected chi connectivity index (χ4v) is 1.23. The Labute approximate surface area is 101 Å². The Bertz CT molecular complexity index is 380. The van der Waals surface area contributed by atoms with E-state index in [0.717, 1.165) is 5.69 Å². The number of carbonyl (C=O) groups is 1. The molecule has 1 atom stereocenters. The number of carbonyl (C=O) groups excluding carboxylic acids is 1. The number of nitrogens with zero attached hydrogens (tertiary/aromatic N) is 1. The van der Waals surface area contributed by atoms with Crippen LogP contribution in [-0.2, 0) is 4.74 Å². The topological polar surface area (TPSA) is 77.2 Å². The molecule has 0 aliphatic heterocycles. The molecule has 17 heavy (non-hydrogen) atoms. The maximum absolute atomic E-state index is 11.3. The first-order valence-electron chi connectivity index (χ1n) is 5.58. The molecular formula is C12H19N3O2. The van der Waals surface area contributed by atoms with Crippen molar-refractivity contribution in [3.63, 3.8) is 0 Å². The van der Waals surface area contributed by atoms with E-state index in [0.29, 0.717) is 12.5 Å². The molecule has 0 spiro atoms. The largest absolute Gasteiger partial charge is 0.464 e. The molecule has 1 rings (SSSR count). The zero-order chi connectivity index (χ0) is 12.8. The summed E-state index contributed by atoms with van der Waals surface area (Å²) in [5, 5.41) is 3.17. The number of rotatable bonds is 5. The Morgan fingerprint density at radius 2 is 2.29 bits per heavy atom. The number of anilines is 1. The van der Waals surface area contributed by atoms with Gasteiger partial charge in [-0.3, -0.25) is 0 Å². The Balaban J connectivity index is 2.63. The van der Waals surface area contributed by atoms with Gasteiger partial charge in [-0.1, -0.05) is 13.8 Å². The number of ether oxygens (including phenoxy) is 1. The van der Waals surface area contributed by atoms with Crippen LogP contribution >= 0.6 is 0 Å². The minimum atomic E-state index is -0.443.